The van der Waals surface area contributed by atoms with E-state index in [0.29, 0.717) is 145 Å². The van der Waals surface area contributed by atoms with Gasteiger partial charge in [-0.15, -0.1) is 0 Å². The standard InChI is InChI=1S/C37H46N4O5.C24H29BrN2O3.C18H17BrO6S.C7H16N2/c1-25(2)41-18-16-40(17-19-41)15-6-20-44-34-22-26(3)21-32-36(43)31-13-12-29(23-33(31)46-37(32)34)45-30-11-9-27(38-24-30)10-14-35(42)39-28-7-4-5-8-28;1-16(2)27-10-8-26(9-11-27)7-4-12-29-22-14-17(3)13-20-23(28)19-6-5-18(25)15-21(19)30-24(20)22;1-11-8-14-17(20)13-5-4-12(19)10-15(13)25-18(14)16(9-11)23-6-3-7-24-26(2,21)22;1-7(2)9-5-3-8-4-6-9/h9,11-13,21-25,28H,4-8,10,14-20H2,1-3H3,(H,39,42);5-6,13-16H,4,7-12H2,1-3H3;4-5,8-10H,3,6-7H2,1-2H3;7-8H,3-6H2,1-2H3. The van der Waals surface area contributed by atoms with Crippen LogP contribution in [0, 0.1) is 20.8 Å². The Morgan fingerprint density at radius 2 is 0.937 bits per heavy atom. The van der Waals surface area contributed by atoms with Crippen molar-refractivity contribution in [3.05, 3.63) is 171 Å². The molecule has 1 aliphatic carbocycles. The number of nitrogens with zero attached hydrogens (tertiary/aromatic N) is 6. The van der Waals surface area contributed by atoms with Gasteiger partial charge in [-0.3, -0.25) is 43.0 Å². The van der Waals surface area contributed by atoms with E-state index < -0.39 is 10.1 Å². The normalized spacial score (nSPS) is 15.8. The summed E-state index contributed by atoms with van der Waals surface area (Å²) in [5.74, 6) is 2.85. The van der Waals surface area contributed by atoms with Gasteiger partial charge in [-0.25, -0.2) is 0 Å². The molecule has 0 spiro atoms. The lowest BCUT2D eigenvalue weighted by Gasteiger charge is -2.36. The topological polar surface area (TPSA) is 241 Å². The number of hydrogen-bond donors (Lipinski definition) is 2. The number of aryl methyl sites for hydroxylation is 4. The zero-order chi connectivity index (χ0) is 78.9. The molecule has 1 amide bonds. The van der Waals surface area contributed by atoms with E-state index in [0.717, 1.165) is 148 Å². The number of hydrogen-bond acceptors (Lipinski definition) is 21. The van der Waals surface area contributed by atoms with Gasteiger partial charge in [0.25, 0.3) is 10.1 Å². The molecule has 14 rings (SSSR count). The minimum Gasteiger partial charge on any atom is -0.490 e. The number of fused-ring (bicyclic) bond motifs is 6. The first-order chi connectivity index (χ1) is 53.3. The van der Waals surface area contributed by atoms with Crippen molar-refractivity contribution < 1.29 is 49.6 Å². The fourth-order valence-electron chi connectivity index (χ4n) is 14.5. The lowest BCUT2D eigenvalue weighted by atomic mass is 10.1. The third kappa shape index (κ3) is 23.7. The van der Waals surface area contributed by atoms with E-state index in [4.69, 9.17) is 32.2 Å². The van der Waals surface area contributed by atoms with Gasteiger partial charge in [-0.2, -0.15) is 8.42 Å². The number of amides is 1. The van der Waals surface area contributed by atoms with Gasteiger partial charge in [0.2, 0.25) is 22.2 Å². The summed E-state index contributed by atoms with van der Waals surface area (Å²) in [4.78, 5) is 68.6. The van der Waals surface area contributed by atoms with Crippen LogP contribution in [0.5, 0.6) is 28.7 Å². The van der Waals surface area contributed by atoms with Crippen LogP contribution in [0.4, 0.5) is 0 Å². The molecule has 7 heterocycles. The number of benzene rings is 6. The second kappa shape index (κ2) is 39.8. The van der Waals surface area contributed by atoms with Crippen molar-refractivity contribution >= 4 is 114 Å². The Balaban J connectivity index is 0.000000162. The van der Waals surface area contributed by atoms with E-state index in [9.17, 15) is 27.6 Å². The van der Waals surface area contributed by atoms with Crippen LogP contribution in [-0.2, 0) is 25.5 Å². The Hall–Kier alpha value is -7.82. The summed E-state index contributed by atoms with van der Waals surface area (Å²) >= 11 is 6.82. The van der Waals surface area contributed by atoms with Crippen LogP contribution < -0.4 is 45.9 Å². The molecule has 2 N–H and O–H groups in total. The Morgan fingerprint density at radius 1 is 0.523 bits per heavy atom. The highest BCUT2D eigenvalue weighted by Crippen LogP contribution is 2.35. The van der Waals surface area contributed by atoms with E-state index in [2.05, 4.69) is 118 Å². The number of aromatic nitrogens is 1. The fraction of sp³-hybridized carbons (Fsp3) is 0.477. The number of piperazine rings is 3. The molecule has 4 aliphatic rings. The molecule has 25 heteroatoms. The highest BCUT2D eigenvalue weighted by atomic mass is 79.9. The molecular weight excluding hydrogens is 1560 g/mol. The molecule has 4 fully saturated rings. The average molecular weight is 1670 g/mol. The summed E-state index contributed by atoms with van der Waals surface area (Å²) in [6, 6.07) is 33.1. The van der Waals surface area contributed by atoms with Gasteiger partial charge < -0.3 is 52.6 Å². The molecule has 10 aromatic rings. The molecular formula is C86H108Br2N8O14S. The molecule has 0 radical (unpaired) electrons. The molecule has 0 bridgehead atoms. The van der Waals surface area contributed by atoms with Crippen LogP contribution in [0.1, 0.15) is 115 Å². The molecule has 0 atom stereocenters. The molecule has 1 saturated carbocycles. The van der Waals surface area contributed by atoms with Crippen LogP contribution >= 0.6 is 31.9 Å². The molecule has 6 aromatic carbocycles. The summed E-state index contributed by atoms with van der Waals surface area (Å²) in [6.07, 6.45) is 10.4. The Labute approximate surface area is 667 Å². The van der Waals surface area contributed by atoms with E-state index in [1.807, 2.05) is 69.3 Å². The van der Waals surface area contributed by atoms with Crippen LogP contribution in [0.2, 0.25) is 0 Å². The van der Waals surface area contributed by atoms with Crippen molar-refractivity contribution in [3.8, 4) is 28.7 Å². The highest BCUT2D eigenvalue weighted by molar-refractivity contribution is 9.10. The van der Waals surface area contributed by atoms with Gasteiger partial charge >= 0.3 is 0 Å². The third-order valence-electron chi connectivity index (χ3n) is 20.7. The lowest BCUT2D eigenvalue weighted by molar-refractivity contribution is -0.121. The molecule has 22 nitrogen and oxygen atoms in total. The van der Waals surface area contributed by atoms with Crippen molar-refractivity contribution in [1.82, 2.24) is 40.1 Å². The number of rotatable bonds is 25. The van der Waals surface area contributed by atoms with Gasteiger partial charge in [-0.05, 0) is 208 Å². The van der Waals surface area contributed by atoms with Gasteiger partial charge in [-0.1, -0.05) is 44.7 Å². The van der Waals surface area contributed by atoms with E-state index in [1.165, 1.54) is 25.9 Å². The average Bonchev–Trinajstić information content (AvgIpc) is 0.807. The highest BCUT2D eigenvalue weighted by Gasteiger charge is 2.24. The minimum absolute atomic E-state index is 0.0182. The zero-order valence-electron chi connectivity index (χ0n) is 65.9. The fourth-order valence-corrected chi connectivity index (χ4v) is 15.6. The van der Waals surface area contributed by atoms with E-state index in [-0.39, 0.29) is 35.4 Å². The van der Waals surface area contributed by atoms with Gasteiger partial charge in [0.05, 0.1) is 71.2 Å². The SMILES string of the molecule is CC(C)N1CCNCC1.Cc1cc(OCCCN2CCN(C(C)C)CC2)c2oc3cc(Br)ccc3c(=O)c2c1.Cc1cc(OCCCN2CCN(C(C)C)CC2)c2oc3cc(Oc4ccc(CCC(=O)NC5CCCC5)nc4)ccc3c(=O)c2c1.Cc1cc(OCCCOS(C)(=O)=O)c2oc3cc(Br)ccc3c(=O)c2c1. The molecule has 0 unspecified atom stereocenters. The van der Waals surface area contributed by atoms with Crippen LogP contribution in [-0.4, -0.2) is 192 Å². The predicted octanol–water partition coefficient (Wildman–Crippen LogP) is 15.1. The summed E-state index contributed by atoms with van der Waals surface area (Å²) in [6.45, 7) is 36.4. The largest absolute Gasteiger partial charge is 0.490 e. The number of carbonyl (C=O) groups is 1. The van der Waals surface area contributed by atoms with Crippen molar-refractivity contribution in [2.45, 2.75) is 144 Å². The summed E-state index contributed by atoms with van der Waals surface area (Å²) in [5, 5.41) is 9.56. The van der Waals surface area contributed by atoms with Gasteiger partial charge in [0.15, 0.2) is 34.0 Å². The summed E-state index contributed by atoms with van der Waals surface area (Å²) < 4.78 is 70.8. The van der Waals surface area contributed by atoms with Crippen LogP contribution in [0.3, 0.4) is 0 Å². The van der Waals surface area contributed by atoms with Crippen molar-refractivity contribution in [2.24, 2.45) is 0 Å². The maximum Gasteiger partial charge on any atom is 0.264 e. The molecule has 596 valence electrons. The Kier molecular flexibility index (Phi) is 30.1. The third-order valence-corrected chi connectivity index (χ3v) is 22.2. The number of nitrogens with one attached hydrogen (secondary N) is 2. The Bertz CT molecular complexity index is 5120. The van der Waals surface area contributed by atoms with Gasteiger partial charge in [0.1, 0.15) is 28.2 Å². The van der Waals surface area contributed by atoms with Crippen molar-refractivity contribution in [1.29, 1.82) is 0 Å². The maximum atomic E-state index is 13.5. The number of halogens is 2. The lowest BCUT2D eigenvalue weighted by Crippen LogP contribution is -2.49. The quantitative estimate of drug-likeness (QED) is 0.0307. The molecule has 3 saturated heterocycles. The second-order valence-electron chi connectivity index (χ2n) is 30.2. The number of carbonyl (C=O) groups excluding carboxylic acids is 1. The first kappa shape index (κ1) is 84.1. The summed E-state index contributed by atoms with van der Waals surface area (Å²) in [5.41, 5.74) is 6.22. The molecule has 4 aromatic heterocycles. The second-order valence-corrected chi connectivity index (χ2v) is 33.7. The van der Waals surface area contributed by atoms with Crippen LogP contribution in [0.25, 0.3) is 65.8 Å². The smallest absolute Gasteiger partial charge is 0.264 e. The zero-order valence-corrected chi connectivity index (χ0v) is 69.8. The van der Waals surface area contributed by atoms with Gasteiger partial charge in [0, 0.05) is 149 Å². The molecule has 3 aliphatic heterocycles. The van der Waals surface area contributed by atoms with E-state index in [1.54, 1.807) is 60.8 Å². The Morgan fingerprint density at radius 3 is 1.35 bits per heavy atom. The van der Waals surface area contributed by atoms with E-state index >= 15 is 0 Å². The monoisotopic (exact) mass is 1670 g/mol. The minimum atomic E-state index is -3.46. The predicted molar refractivity (Wildman–Crippen MR) is 450 cm³/mol. The van der Waals surface area contributed by atoms with Crippen molar-refractivity contribution in [3.63, 3.8) is 0 Å². The number of ether oxygens (including phenoxy) is 4. The number of pyridine rings is 1. The van der Waals surface area contributed by atoms with Crippen molar-refractivity contribution in [2.75, 3.05) is 124 Å². The summed E-state index contributed by atoms with van der Waals surface area (Å²) in [7, 11) is -3.46. The maximum absolute atomic E-state index is 13.5. The molecule has 111 heavy (non-hydrogen) atoms. The first-order valence-electron chi connectivity index (χ1n) is 39.2. The first-order valence-corrected chi connectivity index (χ1v) is 42.6. The van der Waals surface area contributed by atoms with Crippen LogP contribution in [0.15, 0.2) is 146 Å².